The number of amides is 1. The molecule has 0 aliphatic heterocycles. The predicted octanol–water partition coefficient (Wildman–Crippen LogP) is 2.18. The SMILES string of the molecule is COc1ccccc1NC(=O)COc1ccc(/C=C/c2[nH]c(=O)[nH]c(=O)c2[N+](=O)[O-])cc1OC. The second-order valence-electron chi connectivity index (χ2n) is 6.71. The molecule has 0 radical (unpaired) electrons. The van der Waals surface area contributed by atoms with E-state index in [1.165, 1.54) is 26.4 Å². The lowest BCUT2D eigenvalue weighted by atomic mass is 10.1. The van der Waals surface area contributed by atoms with Crippen LogP contribution in [0.15, 0.2) is 52.1 Å². The third-order valence-electron chi connectivity index (χ3n) is 4.50. The molecule has 0 atom stereocenters. The summed E-state index contributed by atoms with van der Waals surface area (Å²) in [5.74, 6) is 0.666. The van der Waals surface area contributed by atoms with Crippen LogP contribution < -0.4 is 30.8 Å². The maximum atomic E-state index is 12.3. The summed E-state index contributed by atoms with van der Waals surface area (Å²) >= 11 is 0. The van der Waals surface area contributed by atoms with E-state index in [-0.39, 0.29) is 18.1 Å². The number of anilines is 1. The monoisotopic (exact) mass is 468 g/mol. The third-order valence-corrected chi connectivity index (χ3v) is 4.50. The summed E-state index contributed by atoms with van der Waals surface area (Å²) in [4.78, 5) is 49.7. The van der Waals surface area contributed by atoms with Crippen molar-refractivity contribution in [2.24, 2.45) is 0 Å². The predicted molar refractivity (Wildman–Crippen MR) is 123 cm³/mol. The molecule has 1 aromatic heterocycles. The number of aromatic amines is 2. The van der Waals surface area contributed by atoms with Gasteiger partial charge in [-0.15, -0.1) is 0 Å². The molecule has 0 unspecified atom stereocenters. The van der Waals surface area contributed by atoms with Gasteiger partial charge in [0.15, 0.2) is 18.1 Å². The van der Waals surface area contributed by atoms with Gasteiger partial charge in [-0.1, -0.05) is 24.3 Å². The van der Waals surface area contributed by atoms with Crippen LogP contribution in [0, 0.1) is 10.1 Å². The van der Waals surface area contributed by atoms with Gasteiger partial charge in [-0.2, -0.15) is 0 Å². The van der Waals surface area contributed by atoms with Crippen LogP contribution >= 0.6 is 0 Å². The standard InChI is InChI=1S/C22H20N4O8/c1-32-16-6-4-3-5-14(16)23-19(27)12-34-17-10-8-13(11-18(17)33-2)7-9-15-20(26(30)31)21(28)25-22(29)24-15/h3-11H,12H2,1-2H3,(H,23,27)(H2,24,25,28,29)/b9-7+. The van der Waals surface area contributed by atoms with E-state index in [1.807, 2.05) is 4.98 Å². The second-order valence-corrected chi connectivity index (χ2v) is 6.71. The fraction of sp³-hybridized carbons (Fsp3) is 0.136. The largest absolute Gasteiger partial charge is 0.495 e. The molecular weight excluding hydrogens is 448 g/mol. The number of rotatable bonds is 9. The van der Waals surface area contributed by atoms with Crippen LogP contribution in [0.4, 0.5) is 11.4 Å². The number of aromatic nitrogens is 2. The fourth-order valence-corrected chi connectivity index (χ4v) is 2.96. The maximum Gasteiger partial charge on any atom is 0.357 e. The van der Waals surface area contributed by atoms with Crippen LogP contribution in [0.3, 0.4) is 0 Å². The number of H-pyrrole nitrogens is 2. The molecule has 34 heavy (non-hydrogen) atoms. The summed E-state index contributed by atoms with van der Waals surface area (Å²) in [6, 6.07) is 11.6. The summed E-state index contributed by atoms with van der Waals surface area (Å²) in [7, 11) is 2.90. The van der Waals surface area contributed by atoms with Crippen LogP contribution in [0.2, 0.25) is 0 Å². The Morgan fingerprint density at radius 2 is 1.76 bits per heavy atom. The van der Waals surface area contributed by atoms with Gasteiger partial charge in [0.25, 0.3) is 5.91 Å². The van der Waals surface area contributed by atoms with Crippen molar-refractivity contribution >= 4 is 29.4 Å². The number of nitrogens with one attached hydrogen (secondary N) is 3. The van der Waals surface area contributed by atoms with Gasteiger partial charge in [-0.3, -0.25) is 24.7 Å². The van der Waals surface area contributed by atoms with Gasteiger partial charge in [0.1, 0.15) is 11.4 Å². The van der Waals surface area contributed by atoms with Crippen molar-refractivity contribution in [2.45, 2.75) is 0 Å². The van der Waals surface area contributed by atoms with Crippen molar-refractivity contribution in [3.63, 3.8) is 0 Å². The van der Waals surface area contributed by atoms with E-state index in [9.17, 15) is 24.5 Å². The van der Waals surface area contributed by atoms with Gasteiger partial charge >= 0.3 is 16.9 Å². The highest BCUT2D eigenvalue weighted by molar-refractivity contribution is 5.93. The number of hydrogen-bond donors (Lipinski definition) is 3. The highest BCUT2D eigenvalue weighted by Gasteiger charge is 2.19. The lowest BCUT2D eigenvalue weighted by Gasteiger charge is -2.13. The topological polar surface area (TPSA) is 166 Å². The molecule has 0 saturated heterocycles. The lowest BCUT2D eigenvalue weighted by Crippen LogP contribution is -2.25. The summed E-state index contributed by atoms with van der Waals surface area (Å²) in [5, 5.41) is 13.8. The van der Waals surface area contributed by atoms with E-state index < -0.39 is 27.8 Å². The van der Waals surface area contributed by atoms with Crippen LogP contribution in [0.5, 0.6) is 17.2 Å². The molecule has 0 aliphatic carbocycles. The minimum atomic E-state index is -1.11. The van der Waals surface area contributed by atoms with Crippen LogP contribution in [0.1, 0.15) is 11.3 Å². The molecule has 176 valence electrons. The molecule has 12 heteroatoms. The van der Waals surface area contributed by atoms with Gasteiger partial charge in [-0.05, 0) is 35.9 Å². The molecular formula is C22H20N4O8. The zero-order valence-electron chi connectivity index (χ0n) is 18.1. The zero-order valence-corrected chi connectivity index (χ0v) is 18.1. The molecule has 0 fully saturated rings. The Morgan fingerprint density at radius 3 is 2.47 bits per heavy atom. The van der Waals surface area contributed by atoms with Crippen LogP contribution in [0.25, 0.3) is 12.2 Å². The Labute approximate surface area is 192 Å². The van der Waals surface area contributed by atoms with Gasteiger partial charge in [0.05, 0.1) is 24.8 Å². The van der Waals surface area contributed by atoms with E-state index >= 15 is 0 Å². The molecule has 0 saturated carbocycles. The average Bonchev–Trinajstić information content (AvgIpc) is 2.81. The first-order valence-electron chi connectivity index (χ1n) is 9.75. The van der Waals surface area contributed by atoms with Crippen LogP contribution in [-0.4, -0.2) is 41.6 Å². The highest BCUT2D eigenvalue weighted by Crippen LogP contribution is 2.29. The Kier molecular flexibility index (Phi) is 7.44. The molecule has 12 nitrogen and oxygen atoms in total. The summed E-state index contributed by atoms with van der Waals surface area (Å²) in [5.41, 5.74) is -2.00. The first kappa shape index (κ1) is 23.8. The molecule has 0 bridgehead atoms. The van der Waals surface area contributed by atoms with E-state index in [2.05, 4.69) is 10.3 Å². The van der Waals surface area contributed by atoms with Crippen molar-refractivity contribution in [3.05, 3.63) is 84.7 Å². The van der Waals surface area contributed by atoms with Crippen molar-refractivity contribution in [3.8, 4) is 17.2 Å². The Balaban J connectivity index is 1.74. The van der Waals surface area contributed by atoms with Gasteiger partial charge in [-0.25, -0.2) is 4.79 Å². The van der Waals surface area contributed by atoms with E-state index in [1.54, 1.807) is 42.5 Å². The number of nitro groups is 1. The molecule has 2 aromatic carbocycles. The van der Waals surface area contributed by atoms with Gasteiger partial charge < -0.3 is 24.5 Å². The normalized spacial score (nSPS) is 10.6. The quantitative estimate of drug-likeness (QED) is 0.317. The number of para-hydroxylation sites is 2. The number of nitrogens with zero attached hydrogens (tertiary/aromatic N) is 1. The number of carbonyl (C=O) groups is 1. The molecule has 3 rings (SSSR count). The van der Waals surface area contributed by atoms with E-state index in [4.69, 9.17) is 14.2 Å². The molecule has 3 aromatic rings. The first-order chi connectivity index (χ1) is 16.3. The summed E-state index contributed by atoms with van der Waals surface area (Å²) < 4.78 is 16.0. The van der Waals surface area contributed by atoms with Crippen molar-refractivity contribution in [2.75, 3.05) is 26.1 Å². The number of hydrogen-bond acceptors (Lipinski definition) is 8. The van der Waals surface area contributed by atoms with Crippen molar-refractivity contribution in [1.82, 2.24) is 9.97 Å². The molecule has 3 N–H and O–H groups in total. The summed E-state index contributed by atoms with van der Waals surface area (Å²) in [6.07, 6.45) is 2.67. The Hall–Kier alpha value is -4.87. The fourth-order valence-electron chi connectivity index (χ4n) is 2.96. The second kappa shape index (κ2) is 10.6. The number of carbonyl (C=O) groups excluding carboxylic acids is 1. The smallest absolute Gasteiger partial charge is 0.357 e. The minimum absolute atomic E-state index is 0.258. The highest BCUT2D eigenvalue weighted by atomic mass is 16.6. The Morgan fingerprint density at radius 1 is 1.03 bits per heavy atom. The maximum absolute atomic E-state index is 12.3. The molecule has 0 spiro atoms. The average molecular weight is 468 g/mol. The van der Waals surface area contributed by atoms with Gasteiger partial charge in [0, 0.05) is 0 Å². The van der Waals surface area contributed by atoms with E-state index in [0.717, 1.165) is 0 Å². The number of benzene rings is 2. The number of ether oxygens (including phenoxy) is 3. The first-order valence-corrected chi connectivity index (χ1v) is 9.75. The third kappa shape index (κ3) is 5.68. The lowest BCUT2D eigenvalue weighted by molar-refractivity contribution is -0.386. The molecule has 0 aliphatic rings. The zero-order chi connectivity index (χ0) is 24.7. The molecule has 1 heterocycles. The van der Waals surface area contributed by atoms with E-state index in [0.29, 0.717) is 22.7 Å². The Bertz CT molecular complexity index is 1360. The number of methoxy groups -OCH3 is 2. The van der Waals surface area contributed by atoms with Crippen LogP contribution in [-0.2, 0) is 4.79 Å². The van der Waals surface area contributed by atoms with Crippen molar-refractivity contribution < 1.29 is 23.9 Å². The minimum Gasteiger partial charge on any atom is -0.495 e. The van der Waals surface area contributed by atoms with Gasteiger partial charge in [0.2, 0.25) is 0 Å². The summed E-state index contributed by atoms with van der Waals surface area (Å²) in [6.45, 7) is -0.302. The van der Waals surface area contributed by atoms with Crippen molar-refractivity contribution in [1.29, 1.82) is 0 Å². The molecule has 1 amide bonds.